The molecule has 1 aromatic carbocycles. The molecule has 17 heteroatoms. The number of aromatic nitrogens is 5. The van der Waals surface area contributed by atoms with Crippen molar-refractivity contribution >= 4 is 40.7 Å². The Morgan fingerprint density at radius 2 is 1.73 bits per heavy atom. The van der Waals surface area contributed by atoms with Gasteiger partial charge in [-0.2, -0.15) is 18.3 Å². The van der Waals surface area contributed by atoms with Crippen molar-refractivity contribution in [2.75, 3.05) is 50.3 Å². The van der Waals surface area contributed by atoms with Gasteiger partial charge in [-0.25, -0.2) is 14.6 Å². The van der Waals surface area contributed by atoms with Gasteiger partial charge >= 0.3 is 6.18 Å². The van der Waals surface area contributed by atoms with Crippen molar-refractivity contribution < 1.29 is 27.6 Å². The Kier molecular flexibility index (Phi) is 9.35. The molecule has 258 valence electrons. The molecule has 0 bridgehead atoms. The van der Waals surface area contributed by atoms with Crippen LogP contribution >= 0.6 is 11.6 Å². The van der Waals surface area contributed by atoms with Crippen LogP contribution in [0.25, 0.3) is 17.1 Å². The molecule has 3 aromatic heterocycles. The zero-order chi connectivity index (χ0) is 35.0. The number of piperazine rings is 1. The predicted octanol–water partition coefficient (Wildman–Crippen LogP) is 3.77. The molecule has 49 heavy (non-hydrogen) atoms. The molecule has 13 nitrogen and oxygen atoms in total. The Morgan fingerprint density at radius 3 is 2.39 bits per heavy atom. The van der Waals surface area contributed by atoms with Gasteiger partial charge in [-0.1, -0.05) is 11.6 Å². The maximum Gasteiger partial charge on any atom is 0.435 e. The lowest BCUT2D eigenvalue weighted by Crippen LogP contribution is -2.52. The first-order chi connectivity index (χ1) is 23.3. The number of carbonyl (C=O) groups excluding carboxylic acids is 3. The fraction of sp³-hybridized carbons (Fsp3) is 0.375. The van der Waals surface area contributed by atoms with E-state index in [2.05, 4.69) is 25.7 Å². The average molecular weight is 699 g/mol. The van der Waals surface area contributed by atoms with Crippen LogP contribution in [0.3, 0.4) is 0 Å². The second kappa shape index (κ2) is 13.5. The number of nitrogens with one attached hydrogen (secondary N) is 2. The van der Waals surface area contributed by atoms with Crippen molar-refractivity contribution in [2.24, 2.45) is 13.0 Å². The highest BCUT2D eigenvalue weighted by Gasteiger charge is 2.39. The van der Waals surface area contributed by atoms with Gasteiger partial charge in [0, 0.05) is 51.0 Å². The number of aryl methyl sites for hydroxylation is 1. The molecule has 0 aliphatic carbocycles. The van der Waals surface area contributed by atoms with E-state index in [1.165, 1.54) is 48.1 Å². The number of pyridine rings is 1. The van der Waals surface area contributed by atoms with E-state index < -0.39 is 17.8 Å². The molecule has 2 fully saturated rings. The van der Waals surface area contributed by atoms with Crippen LogP contribution in [0.5, 0.6) is 0 Å². The third-order valence-corrected chi connectivity index (χ3v) is 9.13. The number of nitrogens with zero attached hydrogens (tertiary/aromatic N) is 7. The van der Waals surface area contributed by atoms with E-state index in [0.29, 0.717) is 37.6 Å². The molecule has 0 saturated carbocycles. The number of rotatable bonds is 6. The molecule has 0 spiro atoms. The zero-order valence-corrected chi connectivity index (χ0v) is 27.5. The first kappa shape index (κ1) is 33.9. The summed E-state index contributed by atoms with van der Waals surface area (Å²) >= 11 is 6.48. The van der Waals surface area contributed by atoms with Crippen molar-refractivity contribution in [3.8, 4) is 17.1 Å². The molecule has 2 aliphatic heterocycles. The molecular weight excluding hydrogens is 665 g/mol. The van der Waals surface area contributed by atoms with Gasteiger partial charge in [0.05, 0.1) is 39.4 Å². The Labute approximate surface area is 284 Å². The summed E-state index contributed by atoms with van der Waals surface area (Å²) in [5.41, 5.74) is 5.61. The normalized spacial score (nSPS) is 15.8. The molecule has 3 amide bonds. The number of carbonyl (C=O) groups is 3. The molecule has 4 aromatic rings. The van der Waals surface area contributed by atoms with Gasteiger partial charge in [0.2, 0.25) is 5.91 Å². The summed E-state index contributed by atoms with van der Waals surface area (Å²) in [4.78, 5) is 51.2. The number of halogens is 4. The molecule has 0 atom stereocenters. The summed E-state index contributed by atoms with van der Waals surface area (Å²) in [6.45, 7) is 4.90. The van der Waals surface area contributed by atoms with E-state index in [1.807, 2.05) is 4.90 Å². The van der Waals surface area contributed by atoms with Gasteiger partial charge < -0.3 is 30.7 Å². The number of alkyl halides is 3. The number of piperidine rings is 1. The number of benzene rings is 1. The maximum absolute atomic E-state index is 14.1. The summed E-state index contributed by atoms with van der Waals surface area (Å²) in [5, 5.41) is 9.74. The number of imidazole rings is 1. The number of amides is 3. The summed E-state index contributed by atoms with van der Waals surface area (Å²) in [6, 6.07) is 7.39. The molecule has 0 radical (unpaired) electrons. The van der Waals surface area contributed by atoms with Crippen molar-refractivity contribution in [2.45, 2.75) is 25.9 Å². The second-order valence-electron chi connectivity index (χ2n) is 12.0. The van der Waals surface area contributed by atoms with Gasteiger partial charge in [-0.3, -0.25) is 14.4 Å². The second-order valence-corrected chi connectivity index (χ2v) is 12.4. The molecular formula is C32H34ClF3N10O3. The lowest BCUT2D eigenvalue weighted by molar-refractivity contribution is -0.141. The van der Waals surface area contributed by atoms with Crippen molar-refractivity contribution in [1.29, 1.82) is 0 Å². The van der Waals surface area contributed by atoms with E-state index >= 15 is 0 Å². The largest absolute Gasteiger partial charge is 0.435 e. The van der Waals surface area contributed by atoms with E-state index in [9.17, 15) is 27.6 Å². The smallest absolute Gasteiger partial charge is 0.397 e. The number of hydrogen-bond donors (Lipinski definition) is 3. The highest BCUT2D eigenvalue weighted by molar-refractivity contribution is 6.34. The zero-order valence-electron chi connectivity index (χ0n) is 26.7. The van der Waals surface area contributed by atoms with Crippen LogP contribution in [0.2, 0.25) is 5.02 Å². The fourth-order valence-electron chi connectivity index (χ4n) is 6.03. The highest BCUT2D eigenvalue weighted by atomic mass is 35.5. The number of nitrogens with two attached hydrogens (primary N) is 1. The summed E-state index contributed by atoms with van der Waals surface area (Å²) in [6.07, 6.45) is -0.871. The minimum Gasteiger partial charge on any atom is -0.397 e. The number of anilines is 2. The first-order valence-electron chi connectivity index (χ1n) is 15.6. The third-order valence-electron chi connectivity index (χ3n) is 8.82. The van der Waals surface area contributed by atoms with Crippen LogP contribution in [-0.2, 0) is 18.0 Å². The Morgan fingerprint density at radius 1 is 1.04 bits per heavy atom. The van der Waals surface area contributed by atoms with Gasteiger partial charge in [0.1, 0.15) is 0 Å². The Bertz CT molecular complexity index is 1910. The SMILES string of the molecule is Cc1nc(-n2cc(-c3cnc(C(=O)Nc4ccc(C(=O)N5CCN(C(=O)C6CCNCC6)CC5)c(Cl)c4)n3C)c(C(F)(F)F)n2)ccc1N. The fourth-order valence-corrected chi connectivity index (χ4v) is 6.29. The van der Waals surface area contributed by atoms with Crippen molar-refractivity contribution in [3.05, 3.63) is 70.5 Å². The van der Waals surface area contributed by atoms with Crippen LogP contribution in [0, 0.1) is 12.8 Å². The van der Waals surface area contributed by atoms with Gasteiger partial charge in [0.25, 0.3) is 11.8 Å². The van der Waals surface area contributed by atoms with Crippen LogP contribution < -0.4 is 16.4 Å². The minimum absolute atomic E-state index is 0.00702. The molecule has 4 N–H and O–H groups in total. The predicted molar refractivity (Wildman–Crippen MR) is 175 cm³/mol. The van der Waals surface area contributed by atoms with Crippen molar-refractivity contribution in [1.82, 2.24) is 39.4 Å². The standard InChI is InChI=1S/C32H34ClF3N10O3/c1-18-24(37)5-6-26(40-18)46-17-22(27(42-46)32(34,35)36)25-16-39-28(43(25)2)29(47)41-20-3-4-21(23(33)15-20)31(49)45-13-11-44(12-14-45)30(48)19-7-9-38-10-8-19/h3-6,15-17,19,38H,7-14,37H2,1-2H3,(H,41,47). The van der Waals surface area contributed by atoms with E-state index in [0.717, 1.165) is 36.8 Å². The molecule has 2 saturated heterocycles. The molecule has 0 unspecified atom stereocenters. The lowest BCUT2D eigenvalue weighted by Gasteiger charge is -2.37. The Balaban J connectivity index is 1.14. The van der Waals surface area contributed by atoms with Crippen LogP contribution in [0.15, 0.2) is 42.7 Å². The lowest BCUT2D eigenvalue weighted by atomic mass is 9.96. The van der Waals surface area contributed by atoms with Gasteiger partial charge in [0.15, 0.2) is 17.3 Å². The maximum atomic E-state index is 14.1. The van der Waals surface area contributed by atoms with Crippen LogP contribution in [0.4, 0.5) is 24.5 Å². The average Bonchev–Trinajstić information content (AvgIpc) is 3.70. The molecule has 6 rings (SSSR count). The topological polar surface area (TPSA) is 156 Å². The van der Waals surface area contributed by atoms with Crippen LogP contribution in [0.1, 0.15) is 45.2 Å². The number of hydrogen-bond acceptors (Lipinski definition) is 8. The first-order valence-corrected chi connectivity index (χ1v) is 16.0. The minimum atomic E-state index is -4.82. The molecule has 5 heterocycles. The van der Waals surface area contributed by atoms with E-state index in [4.69, 9.17) is 17.3 Å². The summed E-state index contributed by atoms with van der Waals surface area (Å²) in [7, 11) is 1.41. The molecule has 2 aliphatic rings. The van der Waals surface area contributed by atoms with Crippen molar-refractivity contribution in [3.63, 3.8) is 0 Å². The van der Waals surface area contributed by atoms with E-state index in [-0.39, 0.29) is 56.9 Å². The summed E-state index contributed by atoms with van der Waals surface area (Å²) < 4.78 is 44.4. The van der Waals surface area contributed by atoms with Gasteiger partial charge in [-0.05, 0) is 63.2 Å². The monoisotopic (exact) mass is 698 g/mol. The summed E-state index contributed by atoms with van der Waals surface area (Å²) in [5.74, 6) is -0.909. The van der Waals surface area contributed by atoms with E-state index in [1.54, 1.807) is 11.8 Å². The van der Waals surface area contributed by atoms with Crippen LogP contribution in [-0.4, -0.2) is 91.1 Å². The highest BCUT2D eigenvalue weighted by Crippen LogP contribution is 2.37. The van der Waals surface area contributed by atoms with Gasteiger partial charge in [-0.15, -0.1) is 0 Å². The quantitative estimate of drug-likeness (QED) is 0.275. The number of nitrogen functional groups attached to an aromatic ring is 1. The Hall–Kier alpha value is -4.96. The third kappa shape index (κ3) is 6.96.